The minimum absolute atomic E-state index is 0.0283. The molecule has 3 aromatic rings. The van der Waals surface area contributed by atoms with Gasteiger partial charge in [0.2, 0.25) is 11.8 Å². The molecule has 4 bridgehead atoms. The number of anilines is 1. The molecule has 1 aromatic carbocycles. The molecule has 0 aliphatic heterocycles. The Bertz CT molecular complexity index is 1440. The molecule has 0 spiro atoms. The molecule has 1 amide bonds. The Hall–Kier alpha value is -3.36. The van der Waals surface area contributed by atoms with E-state index in [1.807, 2.05) is 29.2 Å². The number of amides is 1. The number of nitrogens with zero attached hydrogens (tertiary/aromatic N) is 5. The lowest BCUT2D eigenvalue weighted by Crippen LogP contribution is -2.71. The molecule has 208 valence electrons. The van der Waals surface area contributed by atoms with Crippen LogP contribution in [0, 0.1) is 10.8 Å². The summed E-state index contributed by atoms with van der Waals surface area (Å²) in [6, 6.07) is 8.35. The SMILES string of the molecule is COc1ncc(-c2cccc(N(CC34CCC(c5nc(C6CC6)no5)(CC3)CC4)C(=O)C34CC(F)(C3)C4)c2)cn1. The normalized spacial score (nSPS) is 33.6. The summed E-state index contributed by atoms with van der Waals surface area (Å²) in [6.07, 6.45) is 12.9. The van der Waals surface area contributed by atoms with Crippen molar-refractivity contribution < 1.29 is 18.4 Å². The third kappa shape index (κ3) is 3.72. The van der Waals surface area contributed by atoms with Crippen LogP contribution < -0.4 is 9.64 Å². The first kappa shape index (κ1) is 24.4. The highest BCUT2D eigenvalue weighted by Crippen LogP contribution is 2.70. The van der Waals surface area contributed by atoms with Crippen molar-refractivity contribution in [2.75, 3.05) is 18.6 Å². The highest BCUT2D eigenvalue weighted by molar-refractivity contribution is 6.00. The quantitative estimate of drug-likeness (QED) is 0.348. The zero-order valence-electron chi connectivity index (χ0n) is 22.9. The minimum Gasteiger partial charge on any atom is -0.467 e. The number of alkyl halides is 1. The molecule has 2 aromatic heterocycles. The van der Waals surface area contributed by atoms with E-state index in [1.54, 1.807) is 19.5 Å². The Morgan fingerprint density at radius 2 is 1.75 bits per heavy atom. The summed E-state index contributed by atoms with van der Waals surface area (Å²) in [7, 11) is 1.54. The van der Waals surface area contributed by atoms with Crippen LogP contribution in [-0.4, -0.2) is 45.3 Å². The molecule has 0 saturated heterocycles. The van der Waals surface area contributed by atoms with Crippen molar-refractivity contribution in [3.8, 4) is 17.1 Å². The van der Waals surface area contributed by atoms with Crippen LogP contribution in [0.2, 0.25) is 0 Å². The van der Waals surface area contributed by atoms with Crippen LogP contribution >= 0.6 is 0 Å². The lowest BCUT2D eigenvalue weighted by Gasteiger charge is -2.65. The van der Waals surface area contributed by atoms with Crippen molar-refractivity contribution in [1.82, 2.24) is 20.1 Å². The fourth-order valence-electron chi connectivity index (χ4n) is 8.00. The number of hydrogen-bond donors (Lipinski definition) is 0. The second-order valence-electron chi connectivity index (χ2n) is 13.4. The molecule has 8 nitrogen and oxygen atoms in total. The number of methoxy groups -OCH3 is 1. The van der Waals surface area contributed by atoms with Gasteiger partial charge in [0.1, 0.15) is 5.67 Å². The molecule has 40 heavy (non-hydrogen) atoms. The van der Waals surface area contributed by atoms with Gasteiger partial charge in [-0.3, -0.25) is 4.79 Å². The summed E-state index contributed by atoms with van der Waals surface area (Å²) >= 11 is 0. The lowest BCUT2D eigenvalue weighted by atomic mass is 9.41. The summed E-state index contributed by atoms with van der Waals surface area (Å²) < 4.78 is 25.5. The van der Waals surface area contributed by atoms with Gasteiger partial charge in [0.05, 0.1) is 12.5 Å². The van der Waals surface area contributed by atoms with E-state index in [-0.39, 0.29) is 16.7 Å². The summed E-state index contributed by atoms with van der Waals surface area (Å²) in [5.41, 5.74) is 0.989. The Morgan fingerprint density at radius 3 is 2.38 bits per heavy atom. The molecule has 2 heterocycles. The van der Waals surface area contributed by atoms with E-state index in [1.165, 1.54) is 0 Å². The monoisotopic (exact) mass is 543 g/mol. The number of carbonyl (C=O) groups is 1. The van der Waals surface area contributed by atoms with Gasteiger partial charge < -0.3 is 14.2 Å². The first-order chi connectivity index (χ1) is 19.3. The molecule has 7 saturated carbocycles. The average Bonchev–Trinajstić information content (AvgIpc) is 3.70. The molecular formula is C31H34FN5O3. The van der Waals surface area contributed by atoms with Crippen molar-refractivity contribution >= 4 is 11.6 Å². The van der Waals surface area contributed by atoms with Gasteiger partial charge in [-0.15, -0.1) is 0 Å². The maximum atomic E-state index is 14.5. The highest BCUT2D eigenvalue weighted by Gasteiger charge is 2.73. The second kappa shape index (κ2) is 8.33. The maximum absolute atomic E-state index is 14.5. The zero-order chi connectivity index (χ0) is 27.2. The predicted molar refractivity (Wildman–Crippen MR) is 145 cm³/mol. The fourth-order valence-corrected chi connectivity index (χ4v) is 8.00. The van der Waals surface area contributed by atoms with Crippen LogP contribution in [0.1, 0.15) is 88.3 Å². The number of ether oxygens (including phenoxy) is 1. The Balaban J connectivity index is 1.07. The van der Waals surface area contributed by atoms with Crippen molar-refractivity contribution in [2.24, 2.45) is 10.8 Å². The largest absolute Gasteiger partial charge is 0.467 e. The Kier molecular flexibility index (Phi) is 5.09. The summed E-state index contributed by atoms with van der Waals surface area (Å²) in [6.45, 7) is 0.655. The lowest BCUT2D eigenvalue weighted by molar-refractivity contribution is -0.211. The van der Waals surface area contributed by atoms with Gasteiger partial charge in [-0.2, -0.15) is 4.98 Å². The van der Waals surface area contributed by atoms with Crippen LogP contribution in [0.25, 0.3) is 11.1 Å². The van der Waals surface area contributed by atoms with Gasteiger partial charge in [-0.05, 0) is 93.7 Å². The number of fused-ring (bicyclic) bond motifs is 3. The number of carbonyl (C=O) groups excluding carboxylic acids is 1. The van der Waals surface area contributed by atoms with E-state index < -0.39 is 11.1 Å². The molecule has 0 unspecified atom stereocenters. The van der Waals surface area contributed by atoms with Gasteiger partial charge in [-0.25, -0.2) is 14.4 Å². The van der Waals surface area contributed by atoms with E-state index in [2.05, 4.69) is 15.1 Å². The minimum atomic E-state index is -1.12. The van der Waals surface area contributed by atoms with Crippen molar-refractivity contribution in [1.29, 1.82) is 0 Å². The smallest absolute Gasteiger partial charge is 0.316 e. The highest BCUT2D eigenvalue weighted by atomic mass is 19.1. The first-order valence-corrected chi connectivity index (χ1v) is 14.6. The molecule has 10 rings (SSSR count). The average molecular weight is 544 g/mol. The van der Waals surface area contributed by atoms with E-state index in [0.29, 0.717) is 37.7 Å². The molecule has 7 fully saturated rings. The van der Waals surface area contributed by atoms with Crippen LogP contribution in [0.15, 0.2) is 41.2 Å². The van der Waals surface area contributed by atoms with Crippen LogP contribution in [0.4, 0.5) is 10.1 Å². The number of aromatic nitrogens is 4. The molecule has 7 aliphatic carbocycles. The molecule has 7 aliphatic rings. The number of hydrogen-bond acceptors (Lipinski definition) is 7. The molecule has 0 atom stereocenters. The van der Waals surface area contributed by atoms with Gasteiger partial charge in [0.15, 0.2) is 5.82 Å². The topological polar surface area (TPSA) is 94.2 Å². The van der Waals surface area contributed by atoms with E-state index in [4.69, 9.17) is 14.2 Å². The van der Waals surface area contributed by atoms with Gasteiger partial charge in [0, 0.05) is 41.5 Å². The van der Waals surface area contributed by atoms with Crippen LogP contribution in [0.3, 0.4) is 0 Å². The Morgan fingerprint density at radius 1 is 1.05 bits per heavy atom. The molecule has 0 radical (unpaired) electrons. The molecule has 0 N–H and O–H groups in total. The van der Waals surface area contributed by atoms with Crippen molar-refractivity contribution in [3.05, 3.63) is 48.4 Å². The molecular weight excluding hydrogens is 509 g/mol. The maximum Gasteiger partial charge on any atom is 0.316 e. The van der Waals surface area contributed by atoms with Crippen molar-refractivity contribution in [3.63, 3.8) is 0 Å². The predicted octanol–water partition coefficient (Wildman–Crippen LogP) is 5.93. The third-order valence-corrected chi connectivity index (χ3v) is 10.7. The second-order valence-corrected chi connectivity index (χ2v) is 13.4. The van der Waals surface area contributed by atoms with Crippen LogP contribution in [-0.2, 0) is 10.2 Å². The van der Waals surface area contributed by atoms with Gasteiger partial charge in [0.25, 0.3) is 0 Å². The number of benzene rings is 1. The van der Waals surface area contributed by atoms with Gasteiger partial charge >= 0.3 is 6.01 Å². The Labute approximate surface area is 232 Å². The summed E-state index contributed by atoms with van der Waals surface area (Å²) in [5, 5.41) is 4.30. The fraction of sp³-hybridized carbons (Fsp3) is 0.581. The number of rotatable bonds is 8. The van der Waals surface area contributed by atoms with Crippen LogP contribution in [0.5, 0.6) is 6.01 Å². The summed E-state index contributed by atoms with van der Waals surface area (Å²) in [4.78, 5) is 29.5. The third-order valence-electron chi connectivity index (χ3n) is 10.7. The van der Waals surface area contributed by atoms with E-state index >= 15 is 0 Å². The number of halogens is 1. The summed E-state index contributed by atoms with van der Waals surface area (Å²) in [5.74, 6) is 2.28. The first-order valence-electron chi connectivity index (χ1n) is 14.6. The molecule has 9 heteroatoms. The van der Waals surface area contributed by atoms with E-state index in [9.17, 15) is 9.18 Å². The standard InChI is InChI=1S/C31H34FN5O3/c1-39-27-33-14-22(15-34-27)21-3-2-4-23(13-21)37(26(38)30-16-31(32,17-30)18-30)19-28-7-10-29(11-8-28,12-9-28)25-35-24(36-40-25)20-5-6-20/h2-4,13-15,20H,5-12,16-19H2,1H3. The van der Waals surface area contributed by atoms with Gasteiger partial charge in [-0.1, -0.05) is 17.3 Å². The zero-order valence-corrected chi connectivity index (χ0v) is 22.9. The van der Waals surface area contributed by atoms with Crippen molar-refractivity contribution in [2.45, 2.75) is 87.6 Å². The van der Waals surface area contributed by atoms with E-state index in [0.717, 1.165) is 79.9 Å².